The van der Waals surface area contributed by atoms with Gasteiger partial charge in [0.15, 0.2) is 0 Å². The Morgan fingerprint density at radius 1 is 1.35 bits per heavy atom. The van der Waals surface area contributed by atoms with Gasteiger partial charge in [-0.2, -0.15) is 0 Å². The van der Waals surface area contributed by atoms with E-state index in [0.29, 0.717) is 0 Å². The van der Waals surface area contributed by atoms with Crippen molar-refractivity contribution >= 4 is 11.9 Å². The van der Waals surface area contributed by atoms with Crippen LogP contribution in [0.5, 0.6) is 0 Å². The SMILES string of the molecule is NC(CC(=O)NCc1ccc(F)cc1)C(=O)O. The van der Waals surface area contributed by atoms with E-state index in [0.717, 1.165) is 5.56 Å². The number of carbonyl (C=O) groups excluding carboxylic acids is 1. The van der Waals surface area contributed by atoms with E-state index in [1.165, 1.54) is 24.3 Å². The van der Waals surface area contributed by atoms with Crippen LogP contribution < -0.4 is 11.1 Å². The predicted molar refractivity (Wildman–Crippen MR) is 58.5 cm³/mol. The number of aliphatic carboxylic acids is 1. The second kappa shape index (κ2) is 5.95. The fraction of sp³-hybridized carbons (Fsp3) is 0.273. The lowest BCUT2D eigenvalue weighted by atomic mass is 10.2. The molecule has 1 rings (SSSR count). The molecule has 1 aromatic carbocycles. The summed E-state index contributed by atoms with van der Waals surface area (Å²) in [5.74, 6) is -2.03. The molecule has 0 aromatic heterocycles. The Hall–Kier alpha value is -1.95. The molecule has 92 valence electrons. The Morgan fingerprint density at radius 3 is 2.47 bits per heavy atom. The molecule has 1 aromatic rings. The van der Waals surface area contributed by atoms with E-state index in [1.54, 1.807) is 0 Å². The van der Waals surface area contributed by atoms with Gasteiger partial charge in [-0.1, -0.05) is 12.1 Å². The Kier molecular flexibility index (Phi) is 4.59. The van der Waals surface area contributed by atoms with Crippen molar-refractivity contribution in [2.24, 2.45) is 5.73 Å². The van der Waals surface area contributed by atoms with Crippen molar-refractivity contribution in [1.29, 1.82) is 0 Å². The van der Waals surface area contributed by atoms with Crippen LogP contribution in [0.4, 0.5) is 4.39 Å². The average molecular weight is 240 g/mol. The van der Waals surface area contributed by atoms with Crippen molar-refractivity contribution in [3.63, 3.8) is 0 Å². The van der Waals surface area contributed by atoms with Gasteiger partial charge in [-0.15, -0.1) is 0 Å². The van der Waals surface area contributed by atoms with E-state index < -0.39 is 17.9 Å². The third-order valence-electron chi connectivity index (χ3n) is 2.13. The highest BCUT2D eigenvalue weighted by Gasteiger charge is 2.15. The van der Waals surface area contributed by atoms with E-state index in [1.807, 2.05) is 0 Å². The van der Waals surface area contributed by atoms with Gasteiger partial charge < -0.3 is 16.2 Å². The summed E-state index contributed by atoms with van der Waals surface area (Å²) in [6, 6.07) is 4.43. The number of carboxylic acids is 1. The summed E-state index contributed by atoms with van der Waals surface area (Å²) >= 11 is 0. The second-order valence-corrected chi connectivity index (χ2v) is 3.55. The van der Waals surface area contributed by atoms with Gasteiger partial charge in [0.05, 0.1) is 6.42 Å². The normalized spacial score (nSPS) is 11.9. The Balaban J connectivity index is 2.38. The molecule has 1 unspecified atom stereocenters. The monoisotopic (exact) mass is 240 g/mol. The van der Waals surface area contributed by atoms with Crippen LogP contribution >= 0.6 is 0 Å². The number of hydrogen-bond donors (Lipinski definition) is 3. The van der Waals surface area contributed by atoms with Crippen molar-refractivity contribution in [3.8, 4) is 0 Å². The molecule has 6 heteroatoms. The van der Waals surface area contributed by atoms with E-state index >= 15 is 0 Å². The minimum absolute atomic E-state index is 0.214. The molecule has 0 aliphatic carbocycles. The van der Waals surface area contributed by atoms with E-state index in [9.17, 15) is 14.0 Å². The molecule has 0 saturated heterocycles. The van der Waals surface area contributed by atoms with Crippen LogP contribution in [-0.4, -0.2) is 23.0 Å². The minimum Gasteiger partial charge on any atom is -0.480 e. The van der Waals surface area contributed by atoms with Crippen molar-refractivity contribution in [1.82, 2.24) is 5.32 Å². The molecule has 0 aliphatic rings. The van der Waals surface area contributed by atoms with Gasteiger partial charge in [0, 0.05) is 6.54 Å². The van der Waals surface area contributed by atoms with Crippen molar-refractivity contribution in [2.45, 2.75) is 19.0 Å². The molecule has 0 bridgehead atoms. The minimum atomic E-state index is -1.22. The molecule has 0 saturated carbocycles. The number of carboxylic acid groups (broad SMARTS) is 1. The Labute approximate surface area is 97.4 Å². The summed E-state index contributed by atoms with van der Waals surface area (Å²) in [6.45, 7) is 0.214. The summed E-state index contributed by atoms with van der Waals surface area (Å²) < 4.78 is 12.6. The molecule has 0 aliphatic heterocycles. The number of nitrogens with one attached hydrogen (secondary N) is 1. The van der Waals surface area contributed by atoms with Crippen LogP contribution in [0.1, 0.15) is 12.0 Å². The number of halogens is 1. The predicted octanol–water partition coefficient (Wildman–Crippen LogP) is 0.244. The number of rotatable bonds is 5. The molecule has 0 fully saturated rings. The van der Waals surface area contributed by atoms with Crippen LogP contribution in [0.3, 0.4) is 0 Å². The van der Waals surface area contributed by atoms with Gasteiger partial charge in [-0.3, -0.25) is 9.59 Å². The zero-order valence-electron chi connectivity index (χ0n) is 9.02. The molecular formula is C11H13FN2O3. The van der Waals surface area contributed by atoms with Crippen LogP contribution in [-0.2, 0) is 16.1 Å². The van der Waals surface area contributed by atoms with Gasteiger partial charge in [0.25, 0.3) is 0 Å². The molecular weight excluding hydrogens is 227 g/mol. The smallest absolute Gasteiger partial charge is 0.321 e. The topological polar surface area (TPSA) is 92.4 Å². The molecule has 0 heterocycles. The van der Waals surface area contributed by atoms with Crippen LogP contribution in [0.2, 0.25) is 0 Å². The molecule has 5 nitrogen and oxygen atoms in total. The third-order valence-corrected chi connectivity index (χ3v) is 2.13. The first-order valence-electron chi connectivity index (χ1n) is 4.98. The molecule has 0 radical (unpaired) electrons. The number of amides is 1. The second-order valence-electron chi connectivity index (χ2n) is 3.55. The van der Waals surface area contributed by atoms with Crippen molar-refractivity contribution < 1.29 is 19.1 Å². The summed E-state index contributed by atoms with van der Waals surface area (Å²) in [4.78, 5) is 21.7. The summed E-state index contributed by atoms with van der Waals surface area (Å²) in [7, 11) is 0. The van der Waals surface area contributed by atoms with Gasteiger partial charge in [-0.25, -0.2) is 4.39 Å². The molecule has 0 spiro atoms. The maximum absolute atomic E-state index is 12.6. The Bertz CT molecular complexity index is 406. The van der Waals surface area contributed by atoms with Gasteiger partial charge in [-0.05, 0) is 17.7 Å². The zero-order chi connectivity index (χ0) is 12.8. The van der Waals surface area contributed by atoms with E-state index in [2.05, 4.69) is 5.32 Å². The van der Waals surface area contributed by atoms with Gasteiger partial charge >= 0.3 is 5.97 Å². The first kappa shape index (κ1) is 13.1. The van der Waals surface area contributed by atoms with Crippen LogP contribution in [0.15, 0.2) is 24.3 Å². The Morgan fingerprint density at radius 2 is 1.94 bits per heavy atom. The zero-order valence-corrected chi connectivity index (χ0v) is 9.02. The fourth-order valence-electron chi connectivity index (χ4n) is 1.16. The highest BCUT2D eigenvalue weighted by atomic mass is 19.1. The first-order chi connectivity index (χ1) is 7.99. The van der Waals surface area contributed by atoms with Gasteiger partial charge in [0.1, 0.15) is 11.9 Å². The van der Waals surface area contributed by atoms with E-state index in [-0.39, 0.29) is 18.8 Å². The maximum Gasteiger partial charge on any atom is 0.321 e. The highest BCUT2D eigenvalue weighted by Crippen LogP contribution is 2.02. The average Bonchev–Trinajstić information content (AvgIpc) is 2.28. The lowest BCUT2D eigenvalue weighted by Crippen LogP contribution is -2.36. The number of carbonyl (C=O) groups is 2. The van der Waals surface area contributed by atoms with Crippen molar-refractivity contribution in [3.05, 3.63) is 35.6 Å². The van der Waals surface area contributed by atoms with Crippen molar-refractivity contribution in [2.75, 3.05) is 0 Å². The standard InChI is InChI=1S/C11H13FN2O3/c12-8-3-1-7(2-4-8)6-14-10(15)5-9(13)11(16)17/h1-4,9H,5-6,13H2,(H,14,15)(H,16,17). The molecule has 1 amide bonds. The van der Waals surface area contributed by atoms with Gasteiger partial charge in [0.2, 0.25) is 5.91 Å². The maximum atomic E-state index is 12.6. The summed E-state index contributed by atoms with van der Waals surface area (Å²) in [5.41, 5.74) is 5.92. The summed E-state index contributed by atoms with van der Waals surface area (Å²) in [6.07, 6.45) is -0.281. The number of hydrogen-bond acceptors (Lipinski definition) is 3. The number of benzene rings is 1. The quantitative estimate of drug-likeness (QED) is 0.687. The number of nitrogens with two attached hydrogens (primary N) is 1. The highest BCUT2D eigenvalue weighted by molar-refractivity contribution is 5.84. The van der Waals surface area contributed by atoms with E-state index in [4.69, 9.17) is 10.8 Å². The molecule has 1 atom stereocenters. The fourth-order valence-corrected chi connectivity index (χ4v) is 1.16. The van der Waals surface area contributed by atoms with Crippen LogP contribution in [0.25, 0.3) is 0 Å². The molecule has 17 heavy (non-hydrogen) atoms. The van der Waals surface area contributed by atoms with Crippen LogP contribution in [0, 0.1) is 5.82 Å². The summed E-state index contributed by atoms with van der Waals surface area (Å²) in [5, 5.41) is 11.0. The molecule has 4 N–H and O–H groups in total. The largest absolute Gasteiger partial charge is 0.480 e. The lowest BCUT2D eigenvalue weighted by molar-refractivity contribution is -0.140. The lowest BCUT2D eigenvalue weighted by Gasteiger charge is -2.07. The third kappa shape index (κ3) is 4.60. The first-order valence-corrected chi connectivity index (χ1v) is 4.98.